The molecule has 0 aromatic rings. The maximum absolute atomic E-state index is 13.1. The largest absolute Gasteiger partial charge is 0.481 e. The van der Waals surface area contributed by atoms with Crippen LogP contribution in [0, 0.1) is 5.92 Å². The Morgan fingerprint density at radius 2 is 0.922 bits per heavy atom. The molecule has 0 spiro atoms. The molecule has 0 unspecified atom stereocenters. The second kappa shape index (κ2) is 23.3. The number of ketones is 1. The smallest absolute Gasteiger partial charge is 0.303 e. The van der Waals surface area contributed by atoms with Gasteiger partial charge in [0.2, 0.25) is 35.4 Å². The lowest BCUT2D eigenvalue weighted by Crippen LogP contribution is -2.62. The predicted molar refractivity (Wildman–Crippen MR) is 177 cm³/mol. The highest BCUT2D eigenvalue weighted by Gasteiger charge is 2.35. The summed E-state index contributed by atoms with van der Waals surface area (Å²) in [6.07, 6.45) is -3.85. The van der Waals surface area contributed by atoms with Crippen molar-refractivity contribution >= 4 is 47.2 Å². The van der Waals surface area contributed by atoms with Gasteiger partial charge >= 0.3 is 5.97 Å². The summed E-state index contributed by atoms with van der Waals surface area (Å²) < 4.78 is 0. The number of amides is 6. The van der Waals surface area contributed by atoms with Crippen molar-refractivity contribution in [2.75, 3.05) is 13.2 Å². The zero-order valence-electron chi connectivity index (χ0n) is 29.7. The number of carbonyl (C=O) groups is 8. The molecule has 20 heteroatoms. The Balaban J connectivity index is 5.85. The number of carbonyl (C=O) groups excluding carboxylic acids is 7. The van der Waals surface area contributed by atoms with Crippen molar-refractivity contribution < 1.29 is 69.0 Å². The minimum Gasteiger partial charge on any atom is -0.481 e. The van der Waals surface area contributed by atoms with Gasteiger partial charge in [-0.1, -0.05) is 26.7 Å². The number of Topliss-reactive ketones (excluding diaryl/α,β-unsaturated/α-hetero) is 1. The van der Waals surface area contributed by atoms with E-state index in [1.165, 1.54) is 20.8 Å². The first kappa shape index (κ1) is 46.8. The second-order valence-electron chi connectivity index (χ2n) is 12.3. The molecular weight excluding hydrogens is 680 g/mol. The summed E-state index contributed by atoms with van der Waals surface area (Å²) in [7, 11) is 0. The Kier molecular flexibility index (Phi) is 21.3. The topological polar surface area (TPSA) is 330 Å². The Hall–Kier alpha value is -4.24. The maximum atomic E-state index is 13.1. The minimum absolute atomic E-state index is 0.154. The highest BCUT2D eigenvalue weighted by molar-refractivity contribution is 5.97. The molecule has 0 saturated heterocycles. The van der Waals surface area contributed by atoms with Crippen molar-refractivity contribution in [1.29, 1.82) is 0 Å². The van der Waals surface area contributed by atoms with Gasteiger partial charge in [0.25, 0.3) is 0 Å². The van der Waals surface area contributed by atoms with Crippen LogP contribution in [0.15, 0.2) is 0 Å². The van der Waals surface area contributed by atoms with E-state index in [2.05, 4.69) is 31.9 Å². The van der Waals surface area contributed by atoms with Gasteiger partial charge < -0.3 is 62.5 Å². The highest BCUT2D eigenvalue weighted by Crippen LogP contribution is 2.08. The molecular formula is C31H54N6O14. The van der Waals surface area contributed by atoms with Crippen molar-refractivity contribution in [3.8, 4) is 0 Å². The Morgan fingerprint density at radius 3 is 1.33 bits per heavy atom. The molecule has 0 aliphatic heterocycles. The van der Waals surface area contributed by atoms with Gasteiger partial charge in [0, 0.05) is 6.42 Å². The summed E-state index contributed by atoms with van der Waals surface area (Å²) in [4.78, 5) is 101. The van der Waals surface area contributed by atoms with Crippen LogP contribution in [0.5, 0.6) is 0 Å². The molecule has 20 nitrogen and oxygen atoms in total. The fraction of sp³-hybridized carbons (Fsp3) is 0.742. The van der Waals surface area contributed by atoms with Crippen LogP contribution in [0.1, 0.15) is 73.6 Å². The van der Waals surface area contributed by atoms with Gasteiger partial charge in [0.05, 0.1) is 37.4 Å². The second-order valence-corrected chi connectivity index (χ2v) is 12.3. The van der Waals surface area contributed by atoms with E-state index in [-0.39, 0.29) is 6.42 Å². The van der Waals surface area contributed by atoms with Gasteiger partial charge in [-0.3, -0.25) is 38.4 Å². The van der Waals surface area contributed by atoms with Crippen LogP contribution in [-0.2, 0) is 38.4 Å². The van der Waals surface area contributed by atoms with E-state index < -0.39 is 134 Å². The number of unbranched alkanes of at least 4 members (excludes halogenated alkanes) is 1. The third-order valence-corrected chi connectivity index (χ3v) is 7.81. The molecule has 0 radical (unpaired) electrons. The molecule has 12 N–H and O–H groups in total. The van der Waals surface area contributed by atoms with Crippen molar-refractivity contribution in [3.05, 3.63) is 0 Å². The minimum atomic E-state index is -1.84. The third kappa shape index (κ3) is 16.6. The zero-order chi connectivity index (χ0) is 39.6. The van der Waals surface area contributed by atoms with E-state index in [1.807, 2.05) is 6.92 Å². The van der Waals surface area contributed by atoms with Gasteiger partial charge in [-0.25, -0.2) is 0 Å². The summed E-state index contributed by atoms with van der Waals surface area (Å²) in [6.45, 7) is 6.01. The maximum Gasteiger partial charge on any atom is 0.303 e. The number of aliphatic hydroxyl groups excluding tert-OH is 5. The molecule has 0 fully saturated rings. The average molecular weight is 735 g/mol. The van der Waals surface area contributed by atoms with Crippen LogP contribution >= 0.6 is 0 Å². The molecule has 0 saturated carbocycles. The molecule has 0 aliphatic rings. The molecule has 0 bridgehead atoms. The van der Waals surface area contributed by atoms with Crippen LogP contribution in [0.3, 0.4) is 0 Å². The Morgan fingerprint density at radius 1 is 0.529 bits per heavy atom. The molecule has 0 heterocycles. The lowest BCUT2D eigenvalue weighted by atomic mass is 10.0. The fourth-order valence-corrected chi connectivity index (χ4v) is 4.41. The van der Waals surface area contributed by atoms with Crippen LogP contribution in [0.4, 0.5) is 0 Å². The number of aliphatic carboxylic acids is 1. The molecule has 0 aromatic carbocycles. The Labute approximate surface area is 295 Å². The van der Waals surface area contributed by atoms with Crippen molar-refractivity contribution in [3.63, 3.8) is 0 Å². The SMILES string of the molecule is CCCC[C@H](NC(=O)[C@@H](C)[C@@H](C)O)C(=O)N[C@@H](CO)C(=O)N[C@@H](CO)C(=O)N[C@H](C(=O)N[C@@H](CCC(=O)O)C(=O)N[C@H](C(C)=O)[C@@H](C)O)[C@@H](C)O. The molecule has 10 atom stereocenters. The highest BCUT2D eigenvalue weighted by atomic mass is 16.4. The van der Waals surface area contributed by atoms with Crippen molar-refractivity contribution in [1.82, 2.24) is 31.9 Å². The average Bonchev–Trinajstić information content (AvgIpc) is 3.05. The van der Waals surface area contributed by atoms with Gasteiger partial charge in [-0.15, -0.1) is 0 Å². The molecule has 0 aliphatic carbocycles. The van der Waals surface area contributed by atoms with Gasteiger partial charge in [0.1, 0.15) is 36.3 Å². The fourth-order valence-electron chi connectivity index (χ4n) is 4.41. The van der Waals surface area contributed by atoms with E-state index >= 15 is 0 Å². The van der Waals surface area contributed by atoms with Gasteiger partial charge in [0.15, 0.2) is 5.78 Å². The van der Waals surface area contributed by atoms with Crippen LogP contribution in [-0.4, -0.2) is 146 Å². The molecule has 51 heavy (non-hydrogen) atoms. The zero-order valence-corrected chi connectivity index (χ0v) is 29.7. The predicted octanol–water partition coefficient (Wildman–Crippen LogP) is -4.70. The lowest BCUT2D eigenvalue weighted by Gasteiger charge is -2.28. The summed E-state index contributed by atoms with van der Waals surface area (Å²) in [6, 6.07) is -9.49. The number of nitrogens with one attached hydrogen (secondary N) is 6. The number of carboxylic acids is 1. The van der Waals surface area contributed by atoms with Gasteiger partial charge in [-0.2, -0.15) is 0 Å². The molecule has 6 amide bonds. The number of rotatable bonds is 24. The molecule has 292 valence electrons. The van der Waals surface area contributed by atoms with Gasteiger partial charge in [-0.05, 0) is 40.5 Å². The van der Waals surface area contributed by atoms with E-state index in [0.717, 1.165) is 13.8 Å². The number of hydrogen-bond acceptors (Lipinski definition) is 13. The first-order chi connectivity index (χ1) is 23.7. The van der Waals surface area contributed by atoms with Crippen LogP contribution < -0.4 is 31.9 Å². The number of carboxylic acid groups (broad SMARTS) is 1. The van der Waals surface area contributed by atoms with Crippen LogP contribution in [0.25, 0.3) is 0 Å². The van der Waals surface area contributed by atoms with E-state index in [1.54, 1.807) is 0 Å². The van der Waals surface area contributed by atoms with Crippen molar-refractivity contribution in [2.45, 2.75) is 128 Å². The lowest BCUT2D eigenvalue weighted by molar-refractivity contribution is -0.139. The molecule has 0 rings (SSSR count). The van der Waals surface area contributed by atoms with E-state index in [0.29, 0.717) is 12.8 Å². The molecule has 0 aromatic heterocycles. The first-order valence-electron chi connectivity index (χ1n) is 16.5. The van der Waals surface area contributed by atoms with E-state index in [9.17, 15) is 63.9 Å². The summed E-state index contributed by atoms with van der Waals surface area (Å²) >= 11 is 0. The monoisotopic (exact) mass is 734 g/mol. The quantitative estimate of drug-likeness (QED) is 0.0444. The van der Waals surface area contributed by atoms with Crippen LogP contribution in [0.2, 0.25) is 0 Å². The Bertz CT molecular complexity index is 1210. The first-order valence-corrected chi connectivity index (χ1v) is 16.5. The number of aliphatic hydroxyl groups is 5. The summed E-state index contributed by atoms with van der Waals surface area (Å²) in [5.74, 6) is -8.96. The third-order valence-electron chi connectivity index (χ3n) is 7.81. The normalized spacial score (nSPS) is 17.0. The number of hydrogen-bond donors (Lipinski definition) is 12. The summed E-state index contributed by atoms with van der Waals surface area (Å²) in [5, 5.41) is 71.9. The van der Waals surface area contributed by atoms with E-state index in [4.69, 9.17) is 5.11 Å². The standard InChI is InChI=1S/C31H54N6O14/c1-7-8-9-19(32-26(46)14(2)15(3)40)27(47)34-21(12-38)29(49)35-22(13-39)30(50)37-25(18(6)43)31(51)33-20(10-11-23(44)45)28(48)36-24(16(4)41)17(5)42/h14-16,18-22,24-25,38-41,43H,7-13H2,1-6H3,(H,32,46)(H,33,51)(H,34,47)(H,35,49)(H,36,48)(H,37,50)(H,44,45)/t14-,15+,16+,18+,19-,20-,21-,22-,24-,25-/m0/s1. The van der Waals surface area contributed by atoms with Crippen molar-refractivity contribution in [2.24, 2.45) is 5.92 Å². The summed E-state index contributed by atoms with van der Waals surface area (Å²) in [5.41, 5.74) is 0.